The molecule has 3 aliphatic rings. The highest BCUT2D eigenvalue weighted by atomic mass is 32.2. The maximum Gasteiger partial charge on any atom is 0.251 e. The summed E-state index contributed by atoms with van der Waals surface area (Å²) in [7, 11) is 0. The molecule has 258 valence electrons. The predicted molar refractivity (Wildman–Crippen MR) is 195 cm³/mol. The van der Waals surface area contributed by atoms with E-state index in [4.69, 9.17) is 4.74 Å². The second-order valence-electron chi connectivity index (χ2n) is 13.6. The average Bonchev–Trinajstić information content (AvgIpc) is 3.64. The largest absolute Gasteiger partial charge is 0.494 e. The van der Waals surface area contributed by atoms with Crippen LogP contribution in [0.2, 0.25) is 0 Å². The van der Waals surface area contributed by atoms with Gasteiger partial charge in [0.05, 0.1) is 23.2 Å². The molecule has 2 aromatic rings. The van der Waals surface area contributed by atoms with Gasteiger partial charge in [-0.3, -0.25) is 14.4 Å². The molecule has 8 nitrogen and oxygen atoms in total. The highest BCUT2D eigenvalue weighted by Gasteiger charge is 2.77. The fourth-order valence-corrected chi connectivity index (χ4v) is 10.5. The van der Waals surface area contributed by atoms with Crippen molar-refractivity contribution in [3.8, 4) is 5.75 Å². The first kappa shape index (κ1) is 35.7. The molecular weight excluding hydrogens is 623 g/mol. The van der Waals surface area contributed by atoms with Crippen LogP contribution >= 0.6 is 11.8 Å². The molecule has 3 aliphatic heterocycles. The zero-order valence-corrected chi connectivity index (χ0v) is 29.8. The fourth-order valence-electron chi connectivity index (χ4n) is 8.17. The second-order valence-corrected chi connectivity index (χ2v) is 15.5. The van der Waals surface area contributed by atoms with E-state index in [9.17, 15) is 14.7 Å². The average molecular weight is 674 g/mol. The summed E-state index contributed by atoms with van der Waals surface area (Å²) < 4.78 is 4.40. The predicted octanol–water partition coefficient (Wildman–Crippen LogP) is 6.47. The van der Waals surface area contributed by atoms with E-state index in [0.717, 1.165) is 53.9 Å². The van der Waals surface area contributed by atoms with Gasteiger partial charge in [0.2, 0.25) is 11.8 Å². The van der Waals surface area contributed by atoms with Crippen LogP contribution in [0.15, 0.2) is 67.8 Å². The highest BCUT2D eigenvalue weighted by Crippen LogP contribution is 2.71. The summed E-state index contributed by atoms with van der Waals surface area (Å²) in [5, 5.41) is 9.31. The van der Waals surface area contributed by atoms with Gasteiger partial charge in [0.15, 0.2) is 0 Å². The Hall–Kier alpha value is -3.56. The van der Waals surface area contributed by atoms with E-state index < -0.39 is 27.4 Å². The minimum Gasteiger partial charge on any atom is -0.494 e. The quantitative estimate of drug-likeness (QED) is 0.162. The van der Waals surface area contributed by atoms with Crippen molar-refractivity contribution in [2.75, 3.05) is 42.6 Å². The summed E-state index contributed by atoms with van der Waals surface area (Å²) in [6.07, 6.45) is 7.99. The molecule has 2 bridgehead atoms. The Balaban J connectivity index is 1.56. The Labute approximate surface area is 290 Å². The van der Waals surface area contributed by atoms with Gasteiger partial charge in [-0.1, -0.05) is 37.1 Å². The molecule has 2 aromatic carbocycles. The molecule has 1 spiro atoms. The van der Waals surface area contributed by atoms with E-state index in [0.29, 0.717) is 39.1 Å². The Kier molecular flexibility index (Phi) is 11.1. The molecule has 0 radical (unpaired) electrons. The fraction of sp³-hybridized carbons (Fsp3) is 0.513. The number of likely N-dealkylation sites (tertiary alicyclic amines) is 1. The zero-order valence-electron chi connectivity index (χ0n) is 29.0. The molecule has 3 heterocycles. The van der Waals surface area contributed by atoms with Gasteiger partial charge in [0, 0.05) is 42.4 Å². The number of thioether (sulfide) groups is 1. The molecular formula is C39H51N3O5S. The number of anilines is 2. The number of hydrogen-bond acceptors (Lipinski definition) is 6. The van der Waals surface area contributed by atoms with Crippen LogP contribution in [0, 0.1) is 25.7 Å². The van der Waals surface area contributed by atoms with Crippen LogP contribution in [0.1, 0.15) is 63.5 Å². The highest BCUT2D eigenvalue weighted by molar-refractivity contribution is 8.02. The molecule has 48 heavy (non-hydrogen) atoms. The first-order chi connectivity index (χ1) is 23.1. The first-order valence-electron chi connectivity index (χ1n) is 17.3. The number of carbonyl (C=O) groups is 3. The summed E-state index contributed by atoms with van der Waals surface area (Å²) in [6.45, 7) is 17.7. The van der Waals surface area contributed by atoms with E-state index >= 15 is 4.79 Å². The van der Waals surface area contributed by atoms with Gasteiger partial charge in [-0.2, -0.15) is 0 Å². The van der Waals surface area contributed by atoms with Crippen molar-refractivity contribution in [1.29, 1.82) is 0 Å². The van der Waals surface area contributed by atoms with Gasteiger partial charge < -0.3 is 24.5 Å². The van der Waals surface area contributed by atoms with Crippen LogP contribution in [-0.4, -0.2) is 76.1 Å². The summed E-state index contributed by atoms with van der Waals surface area (Å²) in [4.78, 5) is 50.0. The molecule has 1 N–H and O–H groups in total. The lowest BCUT2D eigenvalue weighted by atomic mass is 9.66. The van der Waals surface area contributed by atoms with Crippen LogP contribution in [-0.2, 0) is 14.4 Å². The number of fused-ring (bicyclic) bond motifs is 1. The van der Waals surface area contributed by atoms with Crippen molar-refractivity contribution in [3.63, 3.8) is 0 Å². The van der Waals surface area contributed by atoms with Crippen molar-refractivity contribution < 1.29 is 24.2 Å². The Morgan fingerprint density at radius 1 is 1.00 bits per heavy atom. The lowest BCUT2D eigenvalue weighted by Gasteiger charge is -2.38. The minimum absolute atomic E-state index is 0.102. The lowest BCUT2D eigenvalue weighted by Crippen LogP contribution is -2.55. The van der Waals surface area contributed by atoms with Gasteiger partial charge in [-0.05, 0) is 94.8 Å². The molecule has 3 fully saturated rings. The van der Waals surface area contributed by atoms with Gasteiger partial charge in [0.25, 0.3) is 5.91 Å². The number of nitrogens with zero attached hydrogens (tertiary/aromatic N) is 3. The summed E-state index contributed by atoms with van der Waals surface area (Å²) in [5.74, 6) is -0.826. The number of aryl methyl sites for hydroxylation is 2. The molecule has 2 unspecified atom stereocenters. The van der Waals surface area contributed by atoms with Gasteiger partial charge in [-0.15, -0.1) is 24.9 Å². The number of carbonyl (C=O) groups excluding carboxylic acids is 3. The molecule has 0 aliphatic carbocycles. The van der Waals surface area contributed by atoms with Crippen LogP contribution in [0.3, 0.4) is 0 Å². The van der Waals surface area contributed by atoms with Crippen LogP contribution < -0.4 is 14.5 Å². The van der Waals surface area contributed by atoms with Gasteiger partial charge in [-0.25, -0.2) is 0 Å². The number of rotatable bonds is 16. The lowest BCUT2D eigenvalue weighted by molar-refractivity contribution is -0.139. The molecule has 3 amide bonds. The number of amides is 3. The SMILES string of the molecule is C=CCN(C(=O)[C@@H]1[C@H]2C(=O)N(CCCCCCO)C(C(=O)N(CC=C)c3cc(C)ccc3C)C23CC[C@@]1(C)S3)c1ccc(OCC)cc1. The normalized spacial score (nSPS) is 25.6. The molecule has 9 heteroatoms. The van der Waals surface area contributed by atoms with E-state index in [1.54, 1.807) is 38.6 Å². The number of unbranched alkanes of at least 4 members (excludes halogenated alkanes) is 3. The number of aliphatic hydroxyl groups excluding tert-OH is 1. The van der Waals surface area contributed by atoms with Gasteiger partial charge in [0.1, 0.15) is 11.8 Å². The topological polar surface area (TPSA) is 90.4 Å². The van der Waals surface area contributed by atoms with Crippen molar-refractivity contribution >= 4 is 40.9 Å². The molecule has 0 saturated carbocycles. The number of hydrogen-bond donors (Lipinski definition) is 1. The maximum atomic E-state index is 15.1. The van der Waals surface area contributed by atoms with Crippen molar-refractivity contribution in [2.45, 2.75) is 81.8 Å². The standard InChI is InChI=1S/C39H51N3O5S/c1-7-22-40(29-16-18-30(19-17-29)47-9-3)35(44)32-33-36(45)42(24-12-10-11-13-25-43)34(39(33)21-20-38(32,6)48-39)37(46)41(23-8-2)31-26-27(4)14-15-28(31)5/h7-8,14-19,26,32-34,43H,1-2,9-13,20-25H2,3-6H3/t32-,33-,34?,38+,39?/m0/s1. The Morgan fingerprint density at radius 2 is 1.69 bits per heavy atom. The van der Waals surface area contributed by atoms with Crippen molar-refractivity contribution in [2.24, 2.45) is 11.8 Å². The Morgan fingerprint density at radius 3 is 2.35 bits per heavy atom. The monoisotopic (exact) mass is 673 g/mol. The number of ether oxygens (including phenoxy) is 1. The van der Waals surface area contributed by atoms with E-state index in [-0.39, 0.29) is 24.3 Å². The van der Waals surface area contributed by atoms with Gasteiger partial charge >= 0.3 is 0 Å². The third-order valence-electron chi connectivity index (χ3n) is 10.4. The molecule has 5 rings (SSSR count). The van der Waals surface area contributed by atoms with Crippen LogP contribution in [0.25, 0.3) is 0 Å². The smallest absolute Gasteiger partial charge is 0.251 e. The third kappa shape index (κ3) is 6.43. The van der Waals surface area contributed by atoms with Crippen LogP contribution in [0.5, 0.6) is 5.75 Å². The first-order valence-corrected chi connectivity index (χ1v) is 18.1. The zero-order chi connectivity index (χ0) is 34.6. The summed E-state index contributed by atoms with van der Waals surface area (Å²) in [5.41, 5.74) is 3.56. The maximum absolute atomic E-state index is 15.1. The minimum atomic E-state index is -0.732. The number of aliphatic hydroxyl groups is 1. The summed E-state index contributed by atoms with van der Waals surface area (Å²) >= 11 is 1.70. The molecule has 5 atom stereocenters. The van der Waals surface area contributed by atoms with E-state index in [2.05, 4.69) is 20.1 Å². The summed E-state index contributed by atoms with van der Waals surface area (Å²) in [6, 6.07) is 12.8. The van der Waals surface area contributed by atoms with Crippen molar-refractivity contribution in [1.82, 2.24) is 4.90 Å². The third-order valence-corrected chi connectivity index (χ3v) is 12.3. The van der Waals surface area contributed by atoms with E-state index in [1.165, 1.54) is 0 Å². The van der Waals surface area contributed by atoms with Crippen molar-refractivity contribution in [3.05, 3.63) is 78.9 Å². The molecule has 0 aromatic heterocycles. The molecule has 3 saturated heterocycles. The van der Waals surface area contributed by atoms with E-state index in [1.807, 2.05) is 63.2 Å². The Bertz CT molecular complexity index is 1530. The second kappa shape index (κ2) is 14.9. The van der Waals surface area contributed by atoms with Crippen LogP contribution in [0.4, 0.5) is 11.4 Å². The number of benzene rings is 2.